The van der Waals surface area contributed by atoms with E-state index in [2.05, 4.69) is 24.8 Å². The third-order valence-electron chi connectivity index (χ3n) is 4.35. The molecule has 21 heavy (non-hydrogen) atoms. The SMILES string of the molecule is COc1nc(OC)nc(N2CCC(N3CCCC3)CC2)n1. The van der Waals surface area contributed by atoms with Gasteiger partial charge >= 0.3 is 12.0 Å². The van der Waals surface area contributed by atoms with Crippen molar-refractivity contribution in [2.24, 2.45) is 0 Å². The van der Waals surface area contributed by atoms with E-state index in [0.29, 0.717) is 18.0 Å². The van der Waals surface area contributed by atoms with Crippen LogP contribution in [-0.2, 0) is 0 Å². The molecule has 0 aliphatic carbocycles. The Balaban J connectivity index is 1.65. The van der Waals surface area contributed by atoms with Gasteiger partial charge in [0.05, 0.1) is 14.2 Å². The molecule has 7 heteroatoms. The Kier molecular flexibility index (Phi) is 4.38. The van der Waals surface area contributed by atoms with Gasteiger partial charge in [-0.2, -0.15) is 9.97 Å². The van der Waals surface area contributed by atoms with Gasteiger partial charge in [-0.05, 0) is 38.8 Å². The van der Waals surface area contributed by atoms with Crippen molar-refractivity contribution in [2.45, 2.75) is 31.7 Å². The number of rotatable bonds is 4. The normalized spacial score (nSPS) is 20.8. The van der Waals surface area contributed by atoms with E-state index in [1.54, 1.807) is 14.2 Å². The minimum atomic E-state index is 0.304. The summed E-state index contributed by atoms with van der Waals surface area (Å²) in [5.74, 6) is 0.651. The Morgan fingerprint density at radius 2 is 1.43 bits per heavy atom. The van der Waals surface area contributed by atoms with Crippen LogP contribution in [0.25, 0.3) is 0 Å². The lowest BCUT2D eigenvalue weighted by molar-refractivity contribution is 0.207. The molecule has 0 saturated carbocycles. The number of methoxy groups -OCH3 is 2. The molecule has 2 saturated heterocycles. The summed E-state index contributed by atoms with van der Waals surface area (Å²) in [5, 5.41) is 0. The molecule has 0 bridgehead atoms. The van der Waals surface area contributed by atoms with Crippen LogP contribution >= 0.6 is 0 Å². The molecule has 0 atom stereocenters. The first kappa shape index (κ1) is 14.3. The summed E-state index contributed by atoms with van der Waals surface area (Å²) in [6.45, 7) is 4.46. The van der Waals surface area contributed by atoms with Crippen LogP contribution in [0.3, 0.4) is 0 Å². The number of ether oxygens (including phenoxy) is 2. The number of anilines is 1. The molecule has 2 fully saturated rings. The average Bonchev–Trinajstić information content (AvgIpc) is 3.09. The standard InChI is InChI=1S/C14H23N5O2/c1-20-13-15-12(16-14(17-13)21-2)19-9-5-11(6-10-19)18-7-3-4-8-18/h11H,3-10H2,1-2H3. The number of hydrogen-bond acceptors (Lipinski definition) is 7. The first-order valence-electron chi connectivity index (χ1n) is 7.63. The van der Waals surface area contributed by atoms with Crippen LogP contribution in [0.2, 0.25) is 0 Å². The molecule has 0 aromatic carbocycles. The Morgan fingerprint density at radius 3 is 1.95 bits per heavy atom. The molecule has 0 unspecified atom stereocenters. The average molecular weight is 293 g/mol. The molecule has 1 aromatic heterocycles. The summed E-state index contributed by atoms with van der Waals surface area (Å²) < 4.78 is 10.2. The fourth-order valence-electron chi connectivity index (χ4n) is 3.19. The third kappa shape index (κ3) is 3.18. The molecular formula is C14H23N5O2. The maximum Gasteiger partial charge on any atom is 0.324 e. The largest absolute Gasteiger partial charge is 0.467 e. The van der Waals surface area contributed by atoms with E-state index in [1.807, 2.05) is 0 Å². The highest BCUT2D eigenvalue weighted by atomic mass is 16.5. The minimum Gasteiger partial charge on any atom is -0.467 e. The molecular weight excluding hydrogens is 270 g/mol. The molecule has 116 valence electrons. The summed E-state index contributed by atoms with van der Waals surface area (Å²) in [5.41, 5.74) is 0. The van der Waals surface area contributed by atoms with Crippen molar-refractivity contribution in [1.82, 2.24) is 19.9 Å². The van der Waals surface area contributed by atoms with Gasteiger partial charge in [-0.15, -0.1) is 4.98 Å². The maximum absolute atomic E-state index is 5.11. The highest BCUT2D eigenvalue weighted by molar-refractivity contribution is 5.33. The van der Waals surface area contributed by atoms with Crippen LogP contribution < -0.4 is 14.4 Å². The monoisotopic (exact) mass is 293 g/mol. The summed E-state index contributed by atoms with van der Waals surface area (Å²) in [7, 11) is 3.11. The highest BCUT2D eigenvalue weighted by Gasteiger charge is 2.27. The van der Waals surface area contributed by atoms with Gasteiger partial charge < -0.3 is 19.3 Å². The van der Waals surface area contributed by atoms with Gasteiger partial charge in [-0.3, -0.25) is 0 Å². The number of aromatic nitrogens is 3. The zero-order valence-corrected chi connectivity index (χ0v) is 12.8. The van der Waals surface area contributed by atoms with Gasteiger partial charge in [-0.25, -0.2) is 0 Å². The van der Waals surface area contributed by atoms with Crippen molar-refractivity contribution in [1.29, 1.82) is 0 Å². The summed E-state index contributed by atoms with van der Waals surface area (Å²) in [6.07, 6.45) is 5.02. The van der Waals surface area contributed by atoms with Gasteiger partial charge in [-0.1, -0.05) is 0 Å². The lowest BCUT2D eigenvalue weighted by Gasteiger charge is -2.36. The fraction of sp³-hybridized carbons (Fsp3) is 0.786. The molecule has 7 nitrogen and oxygen atoms in total. The van der Waals surface area contributed by atoms with Crippen molar-refractivity contribution in [3.8, 4) is 12.0 Å². The van der Waals surface area contributed by atoms with Crippen LogP contribution in [0.5, 0.6) is 12.0 Å². The molecule has 3 rings (SSSR count). The van der Waals surface area contributed by atoms with E-state index in [-0.39, 0.29) is 0 Å². The first-order valence-corrected chi connectivity index (χ1v) is 7.63. The van der Waals surface area contributed by atoms with E-state index in [9.17, 15) is 0 Å². The van der Waals surface area contributed by atoms with Crippen LogP contribution in [0.15, 0.2) is 0 Å². The zero-order valence-electron chi connectivity index (χ0n) is 12.8. The molecule has 3 heterocycles. The molecule has 0 amide bonds. The molecule has 2 aliphatic rings. The van der Waals surface area contributed by atoms with Crippen molar-refractivity contribution in [3.63, 3.8) is 0 Å². The molecule has 0 N–H and O–H groups in total. The second-order valence-corrected chi connectivity index (χ2v) is 5.57. The Morgan fingerprint density at radius 1 is 0.857 bits per heavy atom. The van der Waals surface area contributed by atoms with Gasteiger partial charge in [0.1, 0.15) is 0 Å². The number of hydrogen-bond donors (Lipinski definition) is 0. The lowest BCUT2D eigenvalue weighted by Crippen LogP contribution is -2.44. The highest BCUT2D eigenvalue weighted by Crippen LogP contribution is 2.24. The molecule has 0 radical (unpaired) electrons. The third-order valence-corrected chi connectivity index (χ3v) is 4.35. The summed E-state index contributed by atoms with van der Waals surface area (Å²) in [6, 6.07) is 1.33. The van der Waals surface area contributed by atoms with Crippen LogP contribution in [0.4, 0.5) is 5.95 Å². The van der Waals surface area contributed by atoms with E-state index >= 15 is 0 Å². The van der Waals surface area contributed by atoms with Crippen molar-refractivity contribution >= 4 is 5.95 Å². The Hall–Kier alpha value is -1.63. The molecule has 1 aromatic rings. The van der Waals surface area contributed by atoms with E-state index in [4.69, 9.17) is 9.47 Å². The van der Waals surface area contributed by atoms with E-state index in [1.165, 1.54) is 25.9 Å². The number of likely N-dealkylation sites (tertiary alicyclic amines) is 1. The Labute approximate surface area is 125 Å². The van der Waals surface area contributed by atoms with E-state index in [0.717, 1.165) is 32.0 Å². The molecule has 0 spiro atoms. The van der Waals surface area contributed by atoms with Crippen molar-refractivity contribution in [3.05, 3.63) is 0 Å². The smallest absolute Gasteiger partial charge is 0.324 e. The second-order valence-electron chi connectivity index (χ2n) is 5.57. The molecule has 2 aliphatic heterocycles. The van der Waals surface area contributed by atoms with Crippen LogP contribution in [0.1, 0.15) is 25.7 Å². The number of piperidine rings is 1. The first-order chi connectivity index (χ1) is 10.3. The number of nitrogens with zero attached hydrogens (tertiary/aromatic N) is 5. The summed E-state index contributed by atoms with van der Waals surface area (Å²) in [4.78, 5) is 17.5. The minimum absolute atomic E-state index is 0.304. The van der Waals surface area contributed by atoms with Gasteiger partial charge in [0.15, 0.2) is 0 Å². The predicted molar refractivity (Wildman–Crippen MR) is 79.0 cm³/mol. The summed E-state index contributed by atoms with van der Waals surface area (Å²) >= 11 is 0. The lowest BCUT2D eigenvalue weighted by atomic mass is 10.0. The predicted octanol–water partition coefficient (Wildman–Crippen LogP) is 0.953. The topological polar surface area (TPSA) is 63.6 Å². The maximum atomic E-state index is 5.11. The Bertz CT molecular complexity index is 448. The van der Waals surface area contributed by atoms with E-state index < -0.39 is 0 Å². The van der Waals surface area contributed by atoms with Gasteiger partial charge in [0, 0.05) is 19.1 Å². The quantitative estimate of drug-likeness (QED) is 0.819. The fourth-order valence-corrected chi connectivity index (χ4v) is 3.19. The second kappa shape index (κ2) is 6.43. The van der Waals surface area contributed by atoms with Gasteiger partial charge in [0.25, 0.3) is 0 Å². The van der Waals surface area contributed by atoms with Crippen LogP contribution in [0, 0.1) is 0 Å². The van der Waals surface area contributed by atoms with Crippen molar-refractivity contribution in [2.75, 3.05) is 45.3 Å². The van der Waals surface area contributed by atoms with Crippen molar-refractivity contribution < 1.29 is 9.47 Å². The zero-order chi connectivity index (χ0) is 14.7. The van der Waals surface area contributed by atoms with Gasteiger partial charge in [0.2, 0.25) is 5.95 Å². The van der Waals surface area contributed by atoms with Crippen LogP contribution in [-0.4, -0.2) is 66.3 Å².